The van der Waals surface area contributed by atoms with Crippen molar-refractivity contribution in [1.82, 2.24) is 0 Å². The van der Waals surface area contributed by atoms with Crippen LogP contribution in [-0.2, 0) is 70.9 Å². The van der Waals surface area contributed by atoms with E-state index < -0.39 is 61.4 Å². The van der Waals surface area contributed by atoms with Crippen molar-refractivity contribution >= 4 is 0 Å². The van der Waals surface area contributed by atoms with Gasteiger partial charge in [0.15, 0.2) is 12.6 Å². The van der Waals surface area contributed by atoms with Crippen molar-refractivity contribution in [2.45, 2.75) is 94.4 Å². The second kappa shape index (κ2) is 21.6. The summed E-state index contributed by atoms with van der Waals surface area (Å²) in [5, 5.41) is 35.0. The molecule has 10 atom stereocenters. The highest BCUT2D eigenvalue weighted by Gasteiger charge is 2.52. The summed E-state index contributed by atoms with van der Waals surface area (Å²) in [6.45, 7) is 0.944. The van der Waals surface area contributed by atoms with Crippen molar-refractivity contribution in [3.8, 4) is 0 Å². The number of benzene rings is 5. The molecule has 2 heterocycles. The topological polar surface area (TPSA) is 135 Å². The standard InChI is InChI=1S/C47H52O11/c48-40-38(31-51-26-33-16-6-1-7-17-33)56-46(44(42(40)50)54-29-36-22-12-4-13-23-36)58-47-45(55-30-37-24-14-5-15-25-37)43(53-28-35-20-10-3-11-21-35)41(49)39(57-47)32-52-27-34-18-8-2-9-19-34/h1-25,38-50H,26-32H2/t38-,39-,40+,41-,42+,43+,44-,45-,46+,47-/m1/s1. The van der Waals surface area contributed by atoms with Crippen LogP contribution in [0, 0.1) is 0 Å². The minimum Gasteiger partial charge on any atom is -0.387 e. The van der Waals surface area contributed by atoms with Gasteiger partial charge in [0.2, 0.25) is 0 Å². The van der Waals surface area contributed by atoms with Gasteiger partial charge >= 0.3 is 0 Å². The van der Waals surface area contributed by atoms with E-state index in [0.717, 1.165) is 27.8 Å². The normalized spacial score (nSPS) is 27.3. The van der Waals surface area contributed by atoms with Gasteiger partial charge in [-0.2, -0.15) is 0 Å². The van der Waals surface area contributed by atoms with Crippen LogP contribution in [0.15, 0.2) is 152 Å². The molecule has 5 aromatic rings. The zero-order chi connectivity index (χ0) is 39.9. The van der Waals surface area contributed by atoms with E-state index in [1.54, 1.807) is 0 Å². The van der Waals surface area contributed by atoms with Crippen molar-refractivity contribution in [1.29, 1.82) is 0 Å². The van der Waals surface area contributed by atoms with E-state index in [4.69, 9.17) is 37.9 Å². The van der Waals surface area contributed by atoms with E-state index in [-0.39, 0.29) is 46.2 Å². The van der Waals surface area contributed by atoms with Crippen LogP contribution in [0.4, 0.5) is 0 Å². The Morgan fingerprint density at radius 3 is 1.10 bits per heavy atom. The van der Waals surface area contributed by atoms with Crippen LogP contribution in [0.2, 0.25) is 0 Å². The maximum Gasteiger partial charge on any atom is 0.190 e. The summed E-state index contributed by atoms with van der Waals surface area (Å²) >= 11 is 0. The van der Waals surface area contributed by atoms with E-state index in [1.807, 2.05) is 152 Å². The van der Waals surface area contributed by atoms with Gasteiger partial charge in [-0.05, 0) is 27.8 Å². The van der Waals surface area contributed by atoms with Crippen molar-refractivity contribution in [2.24, 2.45) is 0 Å². The second-order valence-electron chi connectivity index (χ2n) is 14.5. The lowest BCUT2D eigenvalue weighted by molar-refractivity contribution is -0.388. The molecule has 11 nitrogen and oxygen atoms in total. The molecule has 0 aromatic heterocycles. The molecule has 0 bridgehead atoms. The van der Waals surface area contributed by atoms with Crippen molar-refractivity contribution in [3.63, 3.8) is 0 Å². The average Bonchev–Trinajstić information content (AvgIpc) is 3.27. The largest absolute Gasteiger partial charge is 0.387 e. The Balaban J connectivity index is 1.16. The fraction of sp³-hybridized carbons (Fsp3) is 0.362. The summed E-state index contributed by atoms with van der Waals surface area (Å²) in [6, 6.07) is 48.1. The highest BCUT2D eigenvalue weighted by molar-refractivity contribution is 5.17. The van der Waals surface area contributed by atoms with Gasteiger partial charge in [-0.15, -0.1) is 0 Å². The monoisotopic (exact) mass is 792 g/mol. The smallest absolute Gasteiger partial charge is 0.190 e. The van der Waals surface area contributed by atoms with Crippen LogP contribution in [0.3, 0.4) is 0 Å². The van der Waals surface area contributed by atoms with Crippen molar-refractivity contribution < 1.29 is 53.2 Å². The summed E-state index contributed by atoms with van der Waals surface area (Å²) in [6.07, 6.45) is -11.5. The number of rotatable bonds is 19. The maximum atomic E-state index is 12.0. The molecule has 11 heteroatoms. The highest BCUT2D eigenvalue weighted by atomic mass is 16.8. The molecular formula is C47H52O11. The van der Waals surface area contributed by atoms with Gasteiger partial charge in [0, 0.05) is 0 Å². The Morgan fingerprint density at radius 1 is 0.362 bits per heavy atom. The Morgan fingerprint density at radius 2 is 0.690 bits per heavy atom. The van der Waals surface area contributed by atoms with Crippen molar-refractivity contribution in [3.05, 3.63) is 179 Å². The molecule has 0 amide bonds. The first-order chi connectivity index (χ1) is 28.5. The van der Waals surface area contributed by atoms with Crippen LogP contribution < -0.4 is 0 Å². The molecule has 0 saturated carbocycles. The molecule has 0 spiro atoms. The summed E-state index contributed by atoms with van der Waals surface area (Å²) in [4.78, 5) is 0. The average molecular weight is 793 g/mol. The maximum absolute atomic E-state index is 12.0. The molecule has 58 heavy (non-hydrogen) atoms. The van der Waals surface area contributed by atoms with E-state index >= 15 is 0 Å². The molecule has 2 saturated heterocycles. The summed E-state index contributed by atoms with van der Waals surface area (Å²) in [7, 11) is 0. The van der Waals surface area contributed by atoms with Gasteiger partial charge < -0.3 is 53.2 Å². The van der Waals surface area contributed by atoms with Gasteiger partial charge in [-0.1, -0.05) is 152 Å². The first kappa shape index (κ1) is 41.8. The number of hydrogen-bond acceptors (Lipinski definition) is 11. The summed E-state index contributed by atoms with van der Waals surface area (Å²) in [5.74, 6) is 0. The molecule has 0 unspecified atom stereocenters. The Bertz CT molecular complexity index is 1870. The van der Waals surface area contributed by atoms with Crippen LogP contribution in [-0.4, -0.2) is 89.9 Å². The van der Waals surface area contributed by atoms with Gasteiger partial charge in [-0.3, -0.25) is 0 Å². The second-order valence-corrected chi connectivity index (χ2v) is 14.5. The van der Waals surface area contributed by atoms with Gasteiger partial charge in [0.1, 0.15) is 48.8 Å². The first-order valence-corrected chi connectivity index (χ1v) is 19.7. The number of ether oxygens (including phenoxy) is 8. The van der Waals surface area contributed by atoms with E-state index in [0.29, 0.717) is 0 Å². The molecule has 3 N–H and O–H groups in total. The fourth-order valence-electron chi connectivity index (χ4n) is 7.00. The third-order valence-corrected chi connectivity index (χ3v) is 10.2. The predicted molar refractivity (Wildman–Crippen MR) is 214 cm³/mol. The minimum atomic E-state index is -1.43. The molecule has 5 aromatic carbocycles. The molecule has 0 radical (unpaired) electrons. The lowest BCUT2D eigenvalue weighted by Crippen LogP contribution is -2.65. The molecule has 7 rings (SSSR count). The molecule has 306 valence electrons. The minimum absolute atomic E-state index is 0.00325. The van der Waals surface area contributed by atoms with Gasteiger partial charge in [0.25, 0.3) is 0 Å². The molecule has 0 aliphatic carbocycles. The van der Waals surface area contributed by atoms with Gasteiger partial charge in [-0.25, -0.2) is 0 Å². The molecule has 2 aliphatic rings. The van der Waals surface area contributed by atoms with Crippen LogP contribution in [0.25, 0.3) is 0 Å². The first-order valence-electron chi connectivity index (χ1n) is 19.7. The predicted octanol–water partition coefficient (Wildman–Crippen LogP) is 5.73. The highest BCUT2D eigenvalue weighted by Crippen LogP contribution is 2.33. The lowest BCUT2D eigenvalue weighted by atomic mass is 9.97. The zero-order valence-electron chi connectivity index (χ0n) is 32.3. The number of aliphatic hydroxyl groups is 3. The van der Waals surface area contributed by atoms with Crippen LogP contribution in [0.1, 0.15) is 27.8 Å². The molecular weight excluding hydrogens is 741 g/mol. The molecule has 2 aliphatic heterocycles. The molecule has 2 fully saturated rings. The van der Waals surface area contributed by atoms with Crippen LogP contribution >= 0.6 is 0 Å². The zero-order valence-corrected chi connectivity index (χ0v) is 32.3. The van der Waals surface area contributed by atoms with Crippen molar-refractivity contribution in [2.75, 3.05) is 13.2 Å². The SMILES string of the molecule is O[C@@H]1[C@H](O)[C@@H](OCc2ccccc2)[C@H](O[C@H]2O[C@H](COCc3ccccc3)[C@@H](O)[C@H](OCc3ccccc3)[C@H]2OCc2ccccc2)O[C@@H]1COCc1ccccc1. The Kier molecular flexibility index (Phi) is 15.6. The third kappa shape index (κ3) is 11.7. The van der Waals surface area contributed by atoms with E-state index in [9.17, 15) is 15.3 Å². The number of hydrogen-bond donors (Lipinski definition) is 3. The summed E-state index contributed by atoms with van der Waals surface area (Å²) < 4.78 is 51.1. The third-order valence-electron chi connectivity index (χ3n) is 10.2. The Hall–Kier alpha value is -4.34. The van der Waals surface area contributed by atoms with E-state index in [1.165, 1.54) is 0 Å². The lowest BCUT2D eigenvalue weighted by Gasteiger charge is -2.47. The number of aliphatic hydroxyl groups excluding tert-OH is 3. The quantitative estimate of drug-likeness (QED) is 0.0948. The summed E-state index contributed by atoms with van der Waals surface area (Å²) in [5.41, 5.74) is 4.54. The van der Waals surface area contributed by atoms with Gasteiger partial charge in [0.05, 0.1) is 46.2 Å². The van der Waals surface area contributed by atoms with E-state index in [2.05, 4.69) is 0 Å². The Labute approximate surface area is 339 Å². The van der Waals surface area contributed by atoms with Crippen LogP contribution in [0.5, 0.6) is 0 Å². The fourth-order valence-corrected chi connectivity index (χ4v) is 7.00.